The molecule has 0 saturated heterocycles. The Labute approximate surface area is 153 Å². The predicted octanol–water partition coefficient (Wildman–Crippen LogP) is 1.96. The molecule has 2 N–H and O–H groups in total. The molecule has 2 aromatic carbocycles. The lowest BCUT2D eigenvalue weighted by Gasteiger charge is -2.28. The maximum Gasteiger partial charge on any atom is 0.335 e. The molecule has 27 heavy (non-hydrogen) atoms. The average Bonchev–Trinajstić information content (AvgIpc) is 2.61. The van der Waals surface area contributed by atoms with E-state index in [0.717, 1.165) is 37.3 Å². The second kappa shape index (κ2) is 7.41. The van der Waals surface area contributed by atoms with Crippen LogP contribution in [0.15, 0.2) is 53.4 Å². The van der Waals surface area contributed by atoms with Crippen molar-refractivity contribution in [2.75, 3.05) is 4.31 Å². The summed E-state index contributed by atoms with van der Waals surface area (Å²) in [5, 5.41) is 29.3. The number of nitro benzene ring substituents is 1. The van der Waals surface area contributed by atoms with Gasteiger partial charge in [-0.3, -0.25) is 14.4 Å². The molecule has 0 fully saturated rings. The van der Waals surface area contributed by atoms with E-state index in [2.05, 4.69) is 0 Å². The molecule has 11 heteroatoms. The number of hydrogen-bond acceptors (Lipinski definition) is 6. The Balaban J connectivity index is 2.69. The van der Waals surface area contributed by atoms with Gasteiger partial charge in [-0.15, -0.1) is 0 Å². The minimum absolute atomic E-state index is 0.198. The maximum atomic E-state index is 13.0. The van der Waals surface area contributed by atoms with E-state index in [0.29, 0.717) is 4.31 Å². The largest absolute Gasteiger partial charge is 0.480 e. The van der Waals surface area contributed by atoms with E-state index in [1.54, 1.807) is 0 Å². The van der Waals surface area contributed by atoms with Crippen LogP contribution < -0.4 is 4.31 Å². The van der Waals surface area contributed by atoms with E-state index >= 15 is 0 Å². The molecule has 2 aromatic rings. The number of carbonyl (C=O) groups is 2. The van der Waals surface area contributed by atoms with Gasteiger partial charge in [0.1, 0.15) is 6.04 Å². The van der Waals surface area contributed by atoms with Crippen molar-refractivity contribution in [1.29, 1.82) is 0 Å². The van der Waals surface area contributed by atoms with Crippen LogP contribution in [0.3, 0.4) is 0 Å². The molecule has 0 amide bonds. The van der Waals surface area contributed by atoms with Crippen molar-refractivity contribution in [3.63, 3.8) is 0 Å². The van der Waals surface area contributed by atoms with Gasteiger partial charge in [-0.1, -0.05) is 12.1 Å². The average molecular weight is 394 g/mol. The fourth-order valence-electron chi connectivity index (χ4n) is 2.32. The number of anilines is 1. The Bertz CT molecular complexity index is 1020. The van der Waals surface area contributed by atoms with Crippen molar-refractivity contribution in [3.05, 3.63) is 64.2 Å². The van der Waals surface area contributed by atoms with Crippen LogP contribution in [0.1, 0.15) is 17.3 Å². The summed E-state index contributed by atoms with van der Waals surface area (Å²) in [6.45, 7) is 1.10. The Morgan fingerprint density at radius 3 is 2.30 bits per heavy atom. The number of nitro groups is 1. The molecule has 0 aromatic heterocycles. The SMILES string of the molecule is CC(C(=O)O)N(c1cccc(C(=O)O)c1)S(=O)(=O)c1cccc([N+](=O)[O-])c1. The second-order valence-corrected chi connectivity index (χ2v) is 7.24. The summed E-state index contributed by atoms with van der Waals surface area (Å²) in [6, 6.07) is 7.27. The van der Waals surface area contributed by atoms with Crippen LogP contribution in [0.2, 0.25) is 0 Å². The van der Waals surface area contributed by atoms with Crippen LogP contribution >= 0.6 is 0 Å². The number of sulfonamides is 1. The van der Waals surface area contributed by atoms with E-state index in [4.69, 9.17) is 5.11 Å². The zero-order chi connectivity index (χ0) is 20.4. The van der Waals surface area contributed by atoms with Crippen LogP contribution in [0.5, 0.6) is 0 Å². The van der Waals surface area contributed by atoms with Crippen molar-refractivity contribution in [1.82, 2.24) is 0 Å². The van der Waals surface area contributed by atoms with Gasteiger partial charge < -0.3 is 10.2 Å². The van der Waals surface area contributed by atoms with Crippen LogP contribution in [-0.4, -0.2) is 41.5 Å². The monoisotopic (exact) mass is 394 g/mol. The number of nitrogens with zero attached hydrogens (tertiary/aromatic N) is 2. The first kappa shape index (κ1) is 19.8. The van der Waals surface area contributed by atoms with Crippen LogP contribution in [0.4, 0.5) is 11.4 Å². The normalized spacial score (nSPS) is 12.2. The highest BCUT2D eigenvalue weighted by molar-refractivity contribution is 7.93. The van der Waals surface area contributed by atoms with Gasteiger partial charge in [-0.2, -0.15) is 0 Å². The molecular formula is C16H14N2O8S. The Hall–Kier alpha value is -3.47. The standard InChI is InChI=1S/C16H14N2O8S/c1-10(15(19)20)17(12-5-2-4-11(8-12)16(21)22)27(25,26)14-7-3-6-13(9-14)18(23)24/h2-10H,1H3,(H,19,20)(H,21,22). The number of benzene rings is 2. The first-order valence-corrected chi connectivity index (χ1v) is 8.84. The summed E-state index contributed by atoms with van der Waals surface area (Å²) in [7, 11) is -4.54. The van der Waals surface area contributed by atoms with Gasteiger partial charge in [-0.05, 0) is 31.2 Å². The third kappa shape index (κ3) is 4.03. The van der Waals surface area contributed by atoms with Gasteiger partial charge >= 0.3 is 11.9 Å². The number of aromatic carboxylic acids is 1. The van der Waals surface area contributed by atoms with Gasteiger partial charge in [-0.25, -0.2) is 18.0 Å². The third-order valence-corrected chi connectivity index (χ3v) is 5.54. The fraction of sp³-hybridized carbons (Fsp3) is 0.125. The summed E-state index contributed by atoms with van der Waals surface area (Å²) in [5.41, 5.74) is -0.932. The summed E-state index contributed by atoms with van der Waals surface area (Å²) in [6.07, 6.45) is 0. The Morgan fingerprint density at radius 1 is 1.11 bits per heavy atom. The number of carboxylic acids is 2. The Kier molecular flexibility index (Phi) is 5.45. The molecule has 0 heterocycles. The van der Waals surface area contributed by atoms with Crippen molar-refractivity contribution in [2.45, 2.75) is 17.9 Å². The molecule has 142 valence electrons. The van der Waals surface area contributed by atoms with Crippen molar-refractivity contribution in [2.24, 2.45) is 0 Å². The highest BCUT2D eigenvalue weighted by atomic mass is 32.2. The van der Waals surface area contributed by atoms with E-state index in [9.17, 15) is 33.2 Å². The zero-order valence-corrected chi connectivity index (χ0v) is 14.7. The van der Waals surface area contributed by atoms with Crippen molar-refractivity contribution >= 4 is 33.3 Å². The van der Waals surface area contributed by atoms with Gasteiger partial charge in [0.15, 0.2) is 0 Å². The zero-order valence-electron chi connectivity index (χ0n) is 13.8. The van der Waals surface area contributed by atoms with E-state index < -0.39 is 43.5 Å². The molecule has 0 radical (unpaired) electrons. The molecule has 1 atom stereocenters. The molecule has 1 unspecified atom stereocenters. The first-order valence-electron chi connectivity index (χ1n) is 7.40. The lowest BCUT2D eigenvalue weighted by molar-refractivity contribution is -0.385. The number of hydrogen-bond donors (Lipinski definition) is 2. The number of non-ortho nitro benzene ring substituents is 1. The van der Waals surface area contributed by atoms with Crippen LogP contribution in [-0.2, 0) is 14.8 Å². The highest BCUT2D eigenvalue weighted by Crippen LogP contribution is 2.29. The summed E-state index contributed by atoms with van der Waals surface area (Å²) in [5.74, 6) is -2.81. The van der Waals surface area contributed by atoms with E-state index in [1.165, 1.54) is 18.2 Å². The predicted molar refractivity (Wildman–Crippen MR) is 93.3 cm³/mol. The summed E-state index contributed by atoms with van der Waals surface area (Å²) < 4.78 is 26.6. The van der Waals surface area contributed by atoms with E-state index in [-0.39, 0.29) is 11.3 Å². The van der Waals surface area contributed by atoms with Gasteiger partial charge in [0, 0.05) is 12.1 Å². The number of rotatable bonds is 7. The molecule has 0 saturated carbocycles. The van der Waals surface area contributed by atoms with Crippen molar-refractivity contribution in [3.8, 4) is 0 Å². The number of carboxylic acid groups (broad SMARTS) is 2. The summed E-state index contributed by atoms with van der Waals surface area (Å²) in [4.78, 5) is 32.3. The minimum atomic E-state index is -4.54. The summed E-state index contributed by atoms with van der Waals surface area (Å²) >= 11 is 0. The fourth-order valence-corrected chi connectivity index (χ4v) is 3.96. The van der Waals surface area contributed by atoms with Gasteiger partial charge in [0.25, 0.3) is 15.7 Å². The topological polar surface area (TPSA) is 155 Å². The molecular weight excluding hydrogens is 380 g/mol. The molecule has 0 bridgehead atoms. The quantitative estimate of drug-likeness (QED) is 0.533. The van der Waals surface area contributed by atoms with E-state index in [1.807, 2.05) is 0 Å². The molecule has 2 rings (SSSR count). The highest BCUT2D eigenvalue weighted by Gasteiger charge is 2.34. The molecule has 0 aliphatic rings. The minimum Gasteiger partial charge on any atom is -0.480 e. The smallest absolute Gasteiger partial charge is 0.335 e. The molecule has 0 spiro atoms. The number of aliphatic carboxylic acids is 1. The molecule has 10 nitrogen and oxygen atoms in total. The van der Waals surface area contributed by atoms with Crippen LogP contribution in [0, 0.1) is 10.1 Å². The lowest BCUT2D eigenvalue weighted by atomic mass is 10.2. The van der Waals surface area contributed by atoms with Gasteiger partial charge in [0.05, 0.1) is 21.1 Å². The van der Waals surface area contributed by atoms with Crippen LogP contribution in [0.25, 0.3) is 0 Å². The Morgan fingerprint density at radius 2 is 1.74 bits per heavy atom. The lowest BCUT2D eigenvalue weighted by Crippen LogP contribution is -2.43. The molecule has 0 aliphatic heterocycles. The van der Waals surface area contributed by atoms with Gasteiger partial charge in [0.2, 0.25) is 0 Å². The third-order valence-electron chi connectivity index (χ3n) is 3.64. The maximum absolute atomic E-state index is 13.0. The van der Waals surface area contributed by atoms with Crippen molar-refractivity contribution < 1.29 is 33.1 Å². The first-order chi connectivity index (χ1) is 12.6. The second-order valence-electron chi connectivity index (χ2n) is 5.43. The molecule has 0 aliphatic carbocycles.